The first-order valence-corrected chi connectivity index (χ1v) is 9.97. The van der Waals surface area contributed by atoms with Crippen LogP contribution in [0.15, 0.2) is 29.3 Å². The van der Waals surface area contributed by atoms with E-state index < -0.39 is 0 Å². The maximum Gasteiger partial charge on any atom is 0.259 e. The number of carbonyl (C=O) groups excluding carboxylic acids is 1. The second kappa shape index (κ2) is 14.4. The van der Waals surface area contributed by atoms with Gasteiger partial charge < -0.3 is 29.3 Å². The molecule has 0 saturated carbocycles. The fraction of sp³-hybridized carbons (Fsp3) is 0.619. The largest absolute Gasteiger partial charge is 0.484 e. The van der Waals surface area contributed by atoms with E-state index in [4.69, 9.17) is 14.2 Å². The summed E-state index contributed by atoms with van der Waals surface area (Å²) in [6, 6.07) is 7.76. The number of likely N-dealkylation sites (tertiary alicyclic amines) is 1. The molecule has 1 amide bonds. The maximum absolute atomic E-state index is 11.7. The first kappa shape index (κ1) is 26.4. The fourth-order valence-corrected chi connectivity index (χ4v) is 3.09. The van der Waals surface area contributed by atoms with Crippen molar-refractivity contribution >= 4 is 35.8 Å². The lowest BCUT2D eigenvalue weighted by Crippen LogP contribution is -2.39. The highest BCUT2D eigenvalue weighted by Crippen LogP contribution is 2.17. The van der Waals surface area contributed by atoms with Gasteiger partial charge in [0.1, 0.15) is 5.75 Å². The smallest absolute Gasteiger partial charge is 0.259 e. The molecule has 8 nitrogen and oxygen atoms in total. The predicted molar refractivity (Wildman–Crippen MR) is 129 cm³/mol. The van der Waals surface area contributed by atoms with E-state index in [1.54, 1.807) is 28.3 Å². The van der Waals surface area contributed by atoms with E-state index in [0.29, 0.717) is 31.4 Å². The maximum atomic E-state index is 11.7. The van der Waals surface area contributed by atoms with Crippen molar-refractivity contribution in [2.75, 3.05) is 67.8 Å². The molecule has 1 aliphatic rings. The number of halogens is 1. The van der Waals surface area contributed by atoms with Crippen LogP contribution >= 0.6 is 24.0 Å². The summed E-state index contributed by atoms with van der Waals surface area (Å²) in [4.78, 5) is 19.9. The van der Waals surface area contributed by atoms with Gasteiger partial charge in [-0.15, -0.1) is 24.0 Å². The third-order valence-corrected chi connectivity index (χ3v) is 4.79. The number of nitrogens with one attached hydrogen (secondary N) is 1. The topological polar surface area (TPSA) is 75.6 Å². The number of aliphatic imine (C=N–C) groups is 1. The fourth-order valence-electron chi connectivity index (χ4n) is 3.09. The summed E-state index contributed by atoms with van der Waals surface area (Å²) in [5, 5.41) is 3.42. The molecule has 1 aromatic rings. The highest BCUT2D eigenvalue weighted by Gasteiger charge is 2.24. The van der Waals surface area contributed by atoms with Crippen molar-refractivity contribution in [1.82, 2.24) is 15.1 Å². The highest BCUT2D eigenvalue weighted by molar-refractivity contribution is 14.0. The van der Waals surface area contributed by atoms with Gasteiger partial charge in [0, 0.05) is 53.8 Å². The van der Waals surface area contributed by atoms with Crippen molar-refractivity contribution in [3.8, 4) is 5.75 Å². The average molecular weight is 534 g/mol. The Morgan fingerprint density at radius 1 is 1.33 bits per heavy atom. The van der Waals surface area contributed by atoms with Crippen LogP contribution in [0.3, 0.4) is 0 Å². The Morgan fingerprint density at radius 2 is 2.13 bits per heavy atom. The summed E-state index contributed by atoms with van der Waals surface area (Å²) in [5.41, 5.74) is 1.07. The zero-order valence-corrected chi connectivity index (χ0v) is 20.8. The van der Waals surface area contributed by atoms with Gasteiger partial charge in [0.05, 0.1) is 19.8 Å². The molecule has 0 bridgehead atoms. The minimum atomic E-state index is -0.0660. The van der Waals surface area contributed by atoms with Crippen LogP contribution in [0, 0.1) is 5.92 Å². The Kier molecular flexibility index (Phi) is 12.7. The standard InChI is InChI=1S/C21H34N4O4.HI/c1-22-21(25-9-8-18(14-25)15-28-11-10-27-4)23-13-17-6-5-7-19(12-17)29-16-20(26)24(2)3;/h5-7,12,18H,8-11,13-16H2,1-4H3,(H,22,23);1H. The third kappa shape index (κ3) is 9.05. The van der Waals surface area contributed by atoms with Crippen LogP contribution in [-0.2, 0) is 20.8 Å². The van der Waals surface area contributed by atoms with Gasteiger partial charge >= 0.3 is 0 Å². The van der Waals surface area contributed by atoms with Crippen molar-refractivity contribution in [2.45, 2.75) is 13.0 Å². The lowest BCUT2D eigenvalue weighted by Gasteiger charge is -2.22. The lowest BCUT2D eigenvalue weighted by molar-refractivity contribution is -0.130. The Labute approximate surface area is 197 Å². The van der Waals surface area contributed by atoms with Crippen LogP contribution in [0.5, 0.6) is 5.75 Å². The van der Waals surface area contributed by atoms with Gasteiger partial charge in [-0.05, 0) is 24.1 Å². The van der Waals surface area contributed by atoms with Crippen LogP contribution in [0.2, 0.25) is 0 Å². The molecule has 0 aliphatic carbocycles. The van der Waals surface area contributed by atoms with Crippen molar-refractivity contribution in [2.24, 2.45) is 10.9 Å². The number of methoxy groups -OCH3 is 1. The van der Waals surface area contributed by atoms with E-state index in [-0.39, 0.29) is 36.5 Å². The Morgan fingerprint density at radius 3 is 2.83 bits per heavy atom. The first-order chi connectivity index (χ1) is 14.0. The van der Waals surface area contributed by atoms with E-state index in [9.17, 15) is 4.79 Å². The molecule has 0 radical (unpaired) electrons. The number of rotatable bonds is 10. The minimum Gasteiger partial charge on any atom is -0.484 e. The SMILES string of the molecule is CN=C(NCc1cccc(OCC(=O)N(C)C)c1)N1CCC(COCCOC)C1.I. The summed E-state index contributed by atoms with van der Waals surface area (Å²) in [5.74, 6) is 2.02. The van der Waals surface area contributed by atoms with Gasteiger partial charge in [-0.1, -0.05) is 12.1 Å². The third-order valence-electron chi connectivity index (χ3n) is 4.79. The second-order valence-corrected chi connectivity index (χ2v) is 7.29. The van der Waals surface area contributed by atoms with Crippen LogP contribution in [0.4, 0.5) is 0 Å². The van der Waals surface area contributed by atoms with Gasteiger partial charge in [0.25, 0.3) is 5.91 Å². The summed E-state index contributed by atoms with van der Waals surface area (Å²) in [6.45, 7) is 4.59. The molecule has 1 atom stereocenters. The van der Waals surface area contributed by atoms with E-state index in [2.05, 4.69) is 15.2 Å². The molecule has 1 aliphatic heterocycles. The number of ether oxygens (including phenoxy) is 3. The Balaban J connectivity index is 0.00000450. The predicted octanol–water partition coefficient (Wildman–Crippen LogP) is 1.83. The highest BCUT2D eigenvalue weighted by atomic mass is 127. The molecule has 0 spiro atoms. The number of hydrogen-bond donors (Lipinski definition) is 1. The van der Waals surface area contributed by atoms with Gasteiger partial charge in [-0.2, -0.15) is 0 Å². The van der Waals surface area contributed by atoms with E-state index in [1.165, 1.54) is 4.90 Å². The Bertz CT molecular complexity index is 672. The van der Waals surface area contributed by atoms with Crippen molar-refractivity contribution in [1.29, 1.82) is 0 Å². The van der Waals surface area contributed by atoms with Crippen LogP contribution < -0.4 is 10.1 Å². The van der Waals surface area contributed by atoms with Crippen molar-refractivity contribution < 1.29 is 19.0 Å². The average Bonchev–Trinajstić information content (AvgIpc) is 3.19. The lowest BCUT2D eigenvalue weighted by atomic mass is 10.1. The molecule has 1 unspecified atom stereocenters. The number of carbonyl (C=O) groups is 1. The molecule has 1 N–H and O–H groups in total. The summed E-state index contributed by atoms with van der Waals surface area (Å²) in [7, 11) is 6.91. The van der Waals surface area contributed by atoms with Crippen molar-refractivity contribution in [3.63, 3.8) is 0 Å². The van der Waals surface area contributed by atoms with E-state index in [0.717, 1.165) is 37.6 Å². The summed E-state index contributed by atoms with van der Waals surface area (Å²) < 4.78 is 16.3. The number of guanidine groups is 1. The first-order valence-electron chi connectivity index (χ1n) is 9.97. The van der Waals surface area contributed by atoms with Gasteiger partial charge in [-0.25, -0.2) is 0 Å². The molecule has 170 valence electrons. The number of likely N-dealkylation sites (N-methyl/N-ethyl adjacent to an activating group) is 1. The van der Waals surface area contributed by atoms with E-state index in [1.807, 2.05) is 24.3 Å². The van der Waals surface area contributed by atoms with Crippen LogP contribution in [-0.4, -0.2) is 89.4 Å². The molecular formula is C21H35IN4O4. The summed E-state index contributed by atoms with van der Waals surface area (Å²) >= 11 is 0. The number of benzene rings is 1. The van der Waals surface area contributed by atoms with Crippen LogP contribution in [0.25, 0.3) is 0 Å². The Hall–Kier alpha value is -1.59. The minimum absolute atomic E-state index is 0. The zero-order valence-electron chi connectivity index (χ0n) is 18.4. The number of amides is 1. The quantitative estimate of drug-likeness (QED) is 0.214. The normalized spacial score (nSPS) is 16.2. The monoisotopic (exact) mass is 534 g/mol. The molecule has 2 rings (SSSR count). The molecule has 1 fully saturated rings. The summed E-state index contributed by atoms with van der Waals surface area (Å²) in [6.07, 6.45) is 1.09. The molecule has 9 heteroatoms. The molecule has 30 heavy (non-hydrogen) atoms. The van der Waals surface area contributed by atoms with Gasteiger partial charge in [0.15, 0.2) is 12.6 Å². The van der Waals surface area contributed by atoms with Crippen LogP contribution in [0.1, 0.15) is 12.0 Å². The van der Waals surface area contributed by atoms with Crippen molar-refractivity contribution in [3.05, 3.63) is 29.8 Å². The number of hydrogen-bond acceptors (Lipinski definition) is 5. The number of nitrogens with zero attached hydrogens (tertiary/aromatic N) is 3. The molecule has 0 aromatic heterocycles. The molecule has 1 heterocycles. The van der Waals surface area contributed by atoms with E-state index >= 15 is 0 Å². The van der Waals surface area contributed by atoms with Gasteiger partial charge in [-0.3, -0.25) is 9.79 Å². The second-order valence-electron chi connectivity index (χ2n) is 7.29. The van der Waals surface area contributed by atoms with Gasteiger partial charge in [0.2, 0.25) is 0 Å². The molecular weight excluding hydrogens is 499 g/mol. The molecule has 1 aromatic carbocycles. The molecule has 1 saturated heterocycles. The zero-order chi connectivity index (χ0) is 21.1.